The van der Waals surface area contributed by atoms with Gasteiger partial charge in [-0.15, -0.1) is 0 Å². The minimum absolute atomic E-state index is 0.114. The number of aromatic nitrogens is 2. The van der Waals surface area contributed by atoms with E-state index in [2.05, 4.69) is 15.6 Å². The van der Waals surface area contributed by atoms with Crippen molar-refractivity contribution in [1.29, 1.82) is 0 Å². The van der Waals surface area contributed by atoms with E-state index < -0.39 is 0 Å². The molecule has 2 aromatic carbocycles. The number of imidazole rings is 1. The first-order valence-corrected chi connectivity index (χ1v) is 9.88. The lowest BCUT2D eigenvalue weighted by Gasteiger charge is -2.27. The van der Waals surface area contributed by atoms with E-state index in [4.69, 9.17) is 9.47 Å². The van der Waals surface area contributed by atoms with Crippen LogP contribution in [0, 0.1) is 0 Å². The molecule has 5 rings (SSSR count). The zero-order valence-electron chi connectivity index (χ0n) is 15.7. The summed E-state index contributed by atoms with van der Waals surface area (Å²) >= 11 is 0. The lowest BCUT2D eigenvalue weighted by atomic mass is 10.0. The van der Waals surface area contributed by atoms with Gasteiger partial charge in [0.1, 0.15) is 13.2 Å². The largest absolute Gasteiger partial charge is 0.486 e. The number of likely N-dealkylation sites (tertiary alicyclic amines) is 1. The summed E-state index contributed by atoms with van der Waals surface area (Å²) in [6.07, 6.45) is 4.31. The molecule has 1 atom stereocenters. The number of fused-ring (bicyclic) bond motifs is 2. The maximum absolute atomic E-state index is 13.0. The van der Waals surface area contributed by atoms with Gasteiger partial charge in [0.25, 0.3) is 0 Å². The summed E-state index contributed by atoms with van der Waals surface area (Å²) < 4.78 is 13.4. The van der Waals surface area contributed by atoms with Gasteiger partial charge in [-0.3, -0.25) is 4.79 Å². The number of benzene rings is 2. The van der Waals surface area contributed by atoms with Gasteiger partial charge in [-0.1, -0.05) is 18.2 Å². The SMILES string of the molecule is O=C(CCn1cnc2ccccc21)N1CCCC1c1ccc2c(c1)OCCO2. The van der Waals surface area contributed by atoms with E-state index in [0.717, 1.165) is 47.5 Å². The van der Waals surface area contributed by atoms with Gasteiger partial charge >= 0.3 is 0 Å². The second kappa shape index (κ2) is 7.19. The molecule has 2 aliphatic heterocycles. The molecule has 6 nitrogen and oxygen atoms in total. The predicted octanol–water partition coefficient (Wildman–Crippen LogP) is 3.56. The average molecular weight is 377 g/mol. The maximum atomic E-state index is 13.0. The number of aryl methyl sites for hydroxylation is 1. The Labute approximate surface area is 163 Å². The van der Waals surface area contributed by atoms with Crippen LogP contribution in [0.1, 0.15) is 30.9 Å². The van der Waals surface area contributed by atoms with E-state index in [1.165, 1.54) is 0 Å². The van der Waals surface area contributed by atoms with Crippen molar-refractivity contribution < 1.29 is 14.3 Å². The summed E-state index contributed by atoms with van der Waals surface area (Å²) in [7, 11) is 0. The molecule has 144 valence electrons. The van der Waals surface area contributed by atoms with Gasteiger partial charge in [-0.05, 0) is 42.7 Å². The number of hydrogen-bond donors (Lipinski definition) is 0. The second-order valence-electron chi connectivity index (χ2n) is 7.32. The first-order valence-electron chi connectivity index (χ1n) is 9.88. The van der Waals surface area contributed by atoms with E-state index in [9.17, 15) is 4.79 Å². The third-order valence-corrected chi connectivity index (χ3v) is 5.62. The third kappa shape index (κ3) is 3.09. The molecule has 1 amide bonds. The highest BCUT2D eigenvalue weighted by molar-refractivity contribution is 5.78. The standard InChI is InChI=1S/C22H23N3O3/c26-22(9-11-24-15-23-17-4-1-2-5-19(17)24)25-10-3-6-18(25)16-7-8-20-21(14-16)28-13-12-27-20/h1-2,4-5,7-8,14-15,18H,3,6,9-13H2. The van der Waals surface area contributed by atoms with Crippen LogP contribution in [0.25, 0.3) is 11.0 Å². The molecule has 6 heteroatoms. The predicted molar refractivity (Wildman–Crippen MR) is 105 cm³/mol. The Bertz CT molecular complexity index is 1010. The lowest BCUT2D eigenvalue weighted by Crippen LogP contribution is -2.31. The van der Waals surface area contributed by atoms with Crippen LogP contribution in [0.15, 0.2) is 48.8 Å². The highest BCUT2D eigenvalue weighted by Crippen LogP contribution is 2.38. The summed E-state index contributed by atoms with van der Waals surface area (Å²) in [5.74, 6) is 1.76. The summed E-state index contributed by atoms with van der Waals surface area (Å²) in [6.45, 7) is 2.61. The van der Waals surface area contributed by atoms with Gasteiger partial charge in [0.15, 0.2) is 11.5 Å². The van der Waals surface area contributed by atoms with Crippen LogP contribution in [0.4, 0.5) is 0 Å². The summed E-state index contributed by atoms with van der Waals surface area (Å²) in [4.78, 5) is 19.4. The van der Waals surface area contributed by atoms with Crippen molar-refractivity contribution in [3.63, 3.8) is 0 Å². The van der Waals surface area contributed by atoms with Gasteiger partial charge in [0.05, 0.1) is 23.4 Å². The van der Waals surface area contributed by atoms with Crippen molar-refractivity contribution in [1.82, 2.24) is 14.5 Å². The van der Waals surface area contributed by atoms with Crippen molar-refractivity contribution in [2.45, 2.75) is 31.8 Å². The Morgan fingerprint density at radius 2 is 1.96 bits per heavy atom. The number of amides is 1. The smallest absolute Gasteiger partial charge is 0.224 e. The van der Waals surface area contributed by atoms with Crippen molar-refractivity contribution >= 4 is 16.9 Å². The molecule has 0 aliphatic carbocycles. The van der Waals surface area contributed by atoms with Crippen molar-refractivity contribution in [2.75, 3.05) is 19.8 Å². The monoisotopic (exact) mass is 377 g/mol. The van der Waals surface area contributed by atoms with Gasteiger partial charge in [-0.2, -0.15) is 0 Å². The zero-order chi connectivity index (χ0) is 18.9. The quantitative estimate of drug-likeness (QED) is 0.698. The Morgan fingerprint density at radius 1 is 1.11 bits per heavy atom. The van der Waals surface area contributed by atoms with E-state index in [1.807, 2.05) is 47.6 Å². The molecule has 1 saturated heterocycles. The Kier molecular flexibility index (Phi) is 4.39. The number of carbonyl (C=O) groups is 1. The Morgan fingerprint density at radius 3 is 2.89 bits per heavy atom. The number of nitrogens with zero attached hydrogens (tertiary/aromatic N) is 3. The number of para-hydroxylation sites is 2. The van der Waals surface area contributed by atoms with Gasteiger partial charge in [0.2, 0.25) is 5.91 Å². The highest BCUT2D eigenvalue weighted by atomic mass is 16.6. The van der Waals surface area contributed by atoms with E-state index in [-0.39, 0.29) is 11.9 Å². The maximum Gasteiger partial charge on any atom is 0.224 e. The number of ether oxygens (including phenoxy) is 2. The summed E-state index contributed by atoms with van der Waals surface area (Å²) in [5.41, 5.74) is 3.16. The van der Waals surface area contributed by atoms with Crippen LogP contribution in [0.2, 0.25) is 0 Å². The summed E-state index contributed by atoms with van der Waals surface area (Å²) in [6, 6.07) is 14.2. The van der Waals surface area contributed by atoms with E-state index >= 15 is 0 Å². The third-order valence-electron chi connectivity index (χ3n) is 5.62. The Balaban J connectivity index is 1.30. The minimum Gasteiger partial charge on any atom is -0.486 e. The zero-order valence-corrected chi connectivity index (χ0v) is 15.7. The number of rotatable bonds is 4. The fourth-order valence-electron chi connectivity index (χ4n) is 4.23. The number of hydrogen-bond acceptors (Lipinski definition) is 4. The van der Waals surface area contributed by atoms with Crippen LogP contribution in [-0.2, 0) is 11.3 Å². The van der Waals surface area contributed by atoms with Gasteiger partial charge in [0, 0.05) is 19.5 Å². The summed E-state index contributed by atoms with van der Waals surface area (Å²) in [5, 5.41) is 0. The molecule has 1 aromatic heterocycles. The highest BCUT2D eigenvalue weighted by Gasteiger charge is 2.30. The minimum atomic E-state index is 0.114. The topological polar surface area (TPSA) is 56.6 Å². The molecule has 0 saturated carbocycles. The fourth-order valence-corrected chi connectivity index (χ4v) is 4.23. The lowest BCUT2D eigenvalue weighted by molar-refractivity contribution is -0.132. The van der Waals surface area contributed by atoms with Crippen molar-refractivity contribution in [3.8, 4) is 11.5 Å². The molecule has 2 aliphatic rings. The average Bonchev–Trinajstić information content (AvgIpc) is 3.39. The van der Waals surface area contributed by atoms with Gasteiger partial charge in [-0.25, -0.2) is 4.98 Å². The van der Waals surface area contributed by atoms with Crippen LogP contribution in [-0.4, -0.2) is 40.1 Å². The van der Waals surface area contributed by atoms with Crippen molar-refractivity contribution in [3.05, 3.63) is 54.4 Å². The molecule has 0 bridgehead atoms. The van der Waals surface area contributed by atoms with Crippen LogP contribution >= 0.6 is 0 Å². The van der Waals surface area contributed by atoms with Crippen LogP contribution < -0.4 is 9.47 Å². The molecular formula is C22H23N3O3. The molecule has 3 heterocycles. The van der Waals surface area contributed by atoms with Gasteiger partial charge < -0.3 is 18.9 Å². The molecule has 28 heavy (non-hydrogen) atoms. The molecule has 3 aromatic rings. The fraction of sp³-hybridized carbons (Fsp3) is 0.364. The first-order chi connectivity index (χ1) is 13.8. The molecular weight excluding hydrogens is 354 g/mol. The van der Waals surface area contributed by atoms with E-state index in [0.29, 0.717) is 26.2 Å². The molecule has 1 fully saturated rings. The van der Waals surface area contributed by atoms with Crippen LogP contribution in [0.5, 0.6) is 11.5 Å². The second-order valence-corrected chi connectivity index (χ2v) is 7.32. The van der Waals surface area contributed by atoms with Crippen LogP contribution in [0.3, 0.4) is 0 Å². The number of carbonyl (C=O) groups excluding carboxylic acids is 1. The van der Waals surface area contributed by atoms with Crippen molar-refractivity contribution in [2.24, 2.45) is 0 Å². The molecule has 0 spiro atoms. The molecule has 0 radical (unpaired) electrons. The first kappa shape index (κ1) is 17.1. The molecule has 1 unspecified atom stereocenters. The normalized spacial score (nSPS) is 18.6. The molecule has 0 N–H and O–H groups in total. The Hall–Kier alpha value is -3.02. The van der Waals surface area contributed by atoms with E-state index in [1.54, 1.807) is 0 Å².